The van der Waals surface area contributed by atoms with E-state index in [-0.39, 0.29) is 12.1 Å². The van der Waals surface area contributed by atoms with Gasteiger partial charge in [0.25, 0.3) is 0 Å². The molecule has 2 rings (SSSR count). The molecule has 2 unspecified atom stereocenters. The number of hydrogen-bond acceptors (Lipinski definition) is 3. The molecule has 1 aliphatic carbocycles. The Labute approximate surface area is 113 Å². The maximum Gasteiger partial charge on any atom is 0.0863 e. The highest BCUT2D eigenvalue weighted by atomic mass is 35.5. The second kappa shape index (κ2) is 6.04. The van der Waals surface area contributed by atoms with Gasteiger partial charge in [0.05, 0.1) is 22.5 Å². The van der Waals surface area contributed by atoms with Crippen molar-refractivity contribution in [2.75, 3.05) is 0 Å². The zero-order valence-corrected chi connectivity index (χ0v) is 11.9. The van der Waals surface area contributed by atoms with Crippen molar-refractivity contribution in [3.05, 3.63) is 16.4 Å². The van der Waals surface area contributed by atoms with E-state index in [4.69, 9.17) is 11.6 Å². The number of aliphatic hydroxyl groups is 1. The Bertz CT molecular complexity index is 405. The molecular weight excluding hydrogens is 250 g/mol. The molecule has 0 spiro atoms. The number of aliphatic hydroxyl groups excluding tert-OH is 1. The zero-order valence-electron chi connectivity index (χ0n) is 11.1. The maximum absolute atomic E-state index is 9.92. The smallest absolute Gasteiger partial charge is 0.0863 e. The summed E-state index contributed by atoms with van der Waals surface area (Å²) in [4.78, 5) is 0. The summed E-state index contributed by atoms with van der Waals surface area (Å²) in [5, 5.41) is 18.5. The van der Waals surface area contributed by atoms with E-state index in [0.717, 1.165) is 42.1 Å². The molecule has 0 bridgehead atoms. The first-order chi connectivity index (χ1) is 8.63. The van der Waals surface area contributed by atoms with Crippen molar-refractivity contribution in [2.24, 2.45) is 7.05 Å². The molecule has 18 heavy (non-hydrogen) atoms. The predicted molar refractivity (Wildman–Crippen MR) is 72.7 cm³/mol. The summed E-state index contributed by atoms with van der Waals surface area (Å²) in [6.45, 7) is 2.72. The lowest BCUT2D eigenvalue weighted by atomic mass is 9.92. The van der Waals surface area contributed by atoms with Gasteiger partial charge in [-0.05, 0) is 19.3 Å². The van der Waals surface area contributed by atoms with Gasteiger partial charge in [0.1, 0.15) is 0 Å². The van der Waals surface area contributed by atoms with Gasteiger partial charge in [0, 0.05) is 19.6 Å². The molecule has 1 heterocycles. The number of aromatic nitrogens is 2. The first kappa shape index (κ1) is 13.8. The number of nitrogens with zero attached hydrogens (tertiary/aromatic N) is 2. The summed E-state index contributed by atoms with van der Waals surface area (Å²) in [7, 11) is 1.92. The number of rotatable bonds is 4. The molecule has 0 aromatic carbocycles. The van der Waals surface area contributed by atoms with Gasteiger partial charge in [-0.15, -0.1) is 0 Å². The van der Waals surface area contributed by atoms with Crippen molar-refractivity contribution in [2.45, 2.75) is 57.7 Å². The molecular formula is C13H22ClN3O. The van der Waals surface area contributed by atoms with Crippen LogP contribution in [0.3, 0.4) is 0 Å². The molecule has 1 aromatic rings. The van der Waals surface area contributed by atoms with Crippen molar-refractivity contribution >= 4 is 11.6 Å². The molecule has 1 fully saturated rings. The van der Waals surface area contributed by atoms with Gasteiger partial charge in [0.2, 0.25) is 0 Å². The van der Waals surface area contributed by atoms with E-state index in [1.807, 2.05) is 11.7 Å². The van der Waals surface area contributed by atoms with E-state index in [1.165, 1.54) is 6.42 Å². The van der Waals surface area contributed by atoms with E-state index >= 15 is 0 Å². The van der Waals surface area contributed by atoms with Crippen LogP contribution in [0.2, 0.25) is 5.02 Å². The van der Waals surface area contributed by atoms with Gasteiger partial charge in [0.15, 0.2) is 0 Å². The molecule has 0 aliphatic heterocycles. The average Bonchev–Trinajstić information content (AvgIpc) is 2.64. The summed E-state index contributed by atoms with van der Waals surface area (Å²) in [6, 6.07) is 0.190. The standard InChI is InChI=1S/C13H22ClN3O/c1-3-9-13(14)11(17(2)16-9)8-15-10-6-4-5-7-12(10)18/h10,12,15,18H,3-8H2,1-2H3. The Balaban J connectivity index is 1.99. The SMILES string of the molecule is CCc1nn(C)c(CNC2CCCCC2O)c1Cl. The highest BCUT2D eigenvalue weighted by molar-refractivity contribution is 6.31. The van der Waals surface area contributed by atoms with Crippen LogP contribution in [0.25, 0.3) is 0 Å². The fourth-order valence-corrected chi connectivity index (χ4v) is 2.95. The molecule has 1 aromatic heterocycles. The average molecular weight is 272 g/mol. The molecule has 102 valence electrons. The van der Waals surface area contributed by atoms with E-state index in [9.17, 15) is 5.11 Å². The van der Waals surface area contributed by atoms with Gasteiger partial charge in [-0.3, -0.25) is 4.68 Å². The number of nitrogens with one attached hydrogen (secondary N) is 1. The van der Waals surface area contributed by atoms with E-state index in [1.54, 1.807) is 0 Å². The molecule has 0 saturated heterocycles. The van der Waals surface area contributed by atoms with Gasteiger partial charge in [-0.25, -0.2) is 0 Å². The molecule has 1 saturated carbocycles. The number of halogens is 1. The van der Waals surface area contributed by atoms with Crippen LogP contribution < -0.4 is 5.32 Å². The second-order valence-electron chi connectivity index (χ2n) is 5.02. The monoisotopic (exact) mass is 271 g/mol. The van der Waals surface area contributed by atoms with Crippen LogP contribution in [0.4, 0.5) is 0 Å². The van der Waals surface area contributed by atoms with Crippen LogP contribution in [0, 0.1) is 0 Å². The molecule has 4 nitrogen and oxygen atoms in total. The maximum atomic E-state index is 9.92. The van der Waals surface area contributed by atoms with Crippen molar-refractivity contribution < 1.29 is 5.11 Å². The summed E-state index contributed by atoms with van der Waals surface area (Å²) >= 11 is 6.30. The van der Waals surface area contributed by atoms with Crippen LogP contribution in [0.5, 0.6) is 0 Å². The van der Waals surface area contributed by atoms with E-state index < -0.39 is 0 Å². The molecule has 1 aliphatic rings. The first-order valence-corrected chi connectivity index (χ1v) is 7.13. The van der Waals surface area contributed by atoms with Crippen LogP contribution >= 0.6 is 11.6 Å². The Morgan fingerprint density at radius 3 is 2.78 bits per heavy atom. The molecule has 2 N–H and O–H groups in total. The van der Waals surface area contributed by atoms with Crippen molar-refractivity contribution in [1.29, 1.82) is 0 Å². The molecule has 0 radical (unpaired) electrons. The molecule has 2 atom stereocenters. The van der Waals surface area contributed by atoms with E-state index in [2.05, 4.69) is 17.3 Å². The zero-order chi connectivity index (χ0) is 13.1. The lowest BCUT2D eigenvalue weighted by Gasteiger charge is -2.28. The van der Waals surface area contributed by atoms with Gasteiger partial charge >= 0.3 is 0 Å². The summed E-state index contributed by atoms with van der Waals surface area (Å²) in [5.74, 6) is 0. The Morgan fingerprint density at radius 1 is 1.44 bits per heavy atom. The van der Waals surface area contributed by atoms with Crippen LogP contribution in [0.15, 0.2) is 0 Å². The van der Waals surface area contributed by atoms with Crippen molar-refractivity contribution in [1.82, 2.24) is 15.1 Å². The summed E-state index contributed by atoms with van der Waals surface area (Å²) < 4.78 is 1.84. The Morgan fingerprint density at radius 2 is 2.17 bits per heavy atom. The molecule has 0 amide bonds. The summed E-state index contributed by atoms with van der Waals surface area (Å²) in [6.07, 6.45) is 4.88. The Kier molecular flexibility index (Phi) is 4.65. The van der Waals surface area contributed by atoms with Crippen molar-refractivity contribution in [3.8, 4) is 0 Å². The van der Waals surface area contributed by atoms with Crippen LogP contribution in [0.1, 0.15) is 44.0 Å². The minimum absolute atomic E-state index is 0.190. The highest BCUT2D eigenvalue weighted by Crippen LogP contribution is 2.22. The molecule has 5 heteroatoms. The van der Waals surface area contributed by atoms with Gasteiger partial charge in [-0.2, -0.15) is 5.10 Å². The third-order valence-corrected chi connectivity index (χ3v) is 4.20. The van der Waals surface area contributed by atoms with E-state index in [0.29, 0.717) is 6.54 Å². The normalized spacial score (nSPS) is 24.4. The van der Waals surface area contributed by atoms with Gasteiger partial charge < -0.3 is 10.4 Å². The van der Waals surface area contributed by atoms with Crippen LogP contribution in [-0.2, 0) is 20.0 Å². The largest absolute Gasteiger partial charge is 0.392 e. The lowest BCUT2D eigenvalue weighted by Crippen LogP contribution is -2.41. The topological polar surface area (TPSA) is 50.1 Å². The minimum Gasteiger partial charge on any atom is -0.392 e. The van der Waals surface area contributed by atoms with Gasteiger partial charge in [-0.1, -0.05) is 31.4 Å². The predicted octanol–water partition coefficient (Wildman–Crippen LogP) is 2.03. The summed E-state index contributed by atoms with van der Waals surface area (Å²) in [5.41, 5.74) is 1.95. The third-order valence-electron chi connectivity index (χ3n) is 3.76. The fraction of sp³-hybridized carbons (Fsp3) is 0.769. The van der Waals surface area contributed by atoms with Crippen LogP contribution in [-0.4, -0.2) is 27.0 Å². The van der Waals surface area contributed by atoms with Crippen molar-refractivity contribution in [3.63, 3.8) is 0 Å². The first-order valence-electron chi connectivity index (χ1n) is 6.75. The highest BCUT2D eigenvalue weighted by Gasteiger charge is 2.23. The fourth-order valence-electron chi connectivity index (χ4n) is 2.59. The minimum atomic E-state index is -0.226. The second-order valence-corrected chi connectivity index (χ2v) is 5.40. The number of hydrogen-bond donors (Lipinski definition) is 2. The lowest BCUT2D eigenvalue weighted by molar-refractivity contribution is 0.0899. The third kappa shape index (κ3) is 2.87. The quantitative estimate of drug-likeness (QED) is 0.881. The number of aryl methyl sites for hydroxylation is 2. The Hall–Kier alpha value is -0.580.